The molecule has 0 radical (unpaired) electrons. The van der Waals surface area contributed by atoms with Crippen molar-refractivity contribution in [3.8, 4) is 11.5 Å². The average Bonchev–Trinajstić information content (AvgIpc) is 3.00. The maximum absolute atomic E-state index is 5.84. The Morgan fingerprint density at radius 2 is 1.90 bits per heavy atom. The SMILES string of the molecule is NCC(c1ccccc1)c1nnc(-c2cccnc2)o1. The highest BCUT2D eigenvalue weighted by molar-refractivity contribution is 5.50. The molecule has 3 aromatic rings. The molecule has 3 rings (SSSR count). The summed E-state index contributed by atoms with van der Waals surface area (Å²) < 4.78 is 5.73. The summed E-state index contributed by atoms with van der Waals surface area (Å²) in [4.78, 5) is 4.04. The van der Waals surface area contributed by atoms with Crippen LogP contribution < -0.4 is 5.73 Å². The van der Waals surface area contributed by atoms with Crippen LogP contribution in [0.25, 0.3) is 11.5 Å². The molecule has 5 heteroatoms. The maximum atomic E-state index is 5.84. The van der Waals surface area contributed by atoms with E-state index in [9.17, 15) is 0 Å². The van der Waals surface area contributed by atoms with Crippen LogP contribution in [0.15, 0.2) is 59.3 Å². The number of pyridine rings is 1. The molecule has 2 heterocycles. The highest BCUT2D eigenvalue weighted by atomic mass is 16.4. The minimum absolute atomic E-state index is 0.0888. The van der Waals surface area contributed by atoms with Gasteiger partial charge in [-0.15, -0.1) is 10.2 Å². The van der Waals surface area contributed by atoms with Crippen LogP contribution in [0.4, 0.5) is 0 Å². The van der Waals surface area contributed by atoms with E-state index < -0.39 is 0 Å². The first-order valence-corrected chi connectivity index (χ1v) is 6.37. The van der Waals surface area contributed by atoms with Gasteiger partial charge in [0.05, 0.1) is 11.5 Å². The second-order valence-corrected chi connectivity index (χ2v) is 4.39. The van der Waals surface area contributed by atoms with Gasteiger partial charge in [-0.1, -0.05) is 30.3 Å². The third-order valence-corrected chi connectivity index (χ3v) is 3.08. The lowest BCUT2D eigenvalue weighted by atomic mass is 9.99. The van der Waals surface area contributed by atoms with Gasteiger partial charge >= 0.3 is 0 Å². The lowest BCUT2D eigenvalue weighted by Gasteiger charge is -2.09. The highest BCUT2D eigenvalue weighted by Crippen LogP contribution is 2.25. The van der Waals surface area contributed by atoms with Crippen molar-refractivity contribution in [1.29, 1.82) is 0 Å². The van der Waals surface area contributed by atoms with Crippen molar-refractivity contribution in [2.75, 3.05) is 6.54 Å². The fourth-order valence-electron chi connectivity index (χ4n) is 2.05. The highest BCUT2D eigenvalue weighted by Gasteiger charge is 2.19. The zero-order chi connectivity index (χ0) is 13.8. The summed E-state index contributed by atoms with van der Waals surface area (Å²) in [6.07, 6.45) is 3.39. The predicted octanol–water partition coefficient (Wildman–Crippen LogP) is 2.22. The molecule has 0 saturated carbocycles. The zero-order valence-corrected chi connectivity index (χ0v) is 10.8. The second kappa shape index (κ2) is 5.63. The van der Waals surface area contributed by atoms with E-state index in [2.05, 4.69) is 15.2 Å². The molecule has 0 fully saturated rings. The van der Waals surface area contributed by atoms with E-state index >= 15 is 0 Å². The third-order valence-electron chi connectivity index (χ3n) is 3.08. The molecule has 0 bridgehead atoms. The Morgan fingerprint density at radius 1 is 1.05 bits per heavy atom. The molecule has 1 unspecified atom stereocenters. The summed E-state index contributed by atoms with van der Waals surface area (Å²) in [6.45, 7) is 0.415. The smallest absolute Gasteiger partial charge is 0.249 e. The first-order chi connectivity index (χ1) is 9.88. The number of aromatic nitrogens is 3. The van der Waals surface area contributed by atoms with Gasteiger partial charge in [0.1, 0.15) is 0 Å². The quantitative estimate of drug-likeness (QED) is 0.783. The first-order valence-electron chi connectivity index (χ1n) is 6.37. The van der Waals surface area contributed by atoms with E-state index in [4.69, 9.17) is 10.2 Å². The summed E-state index contributed by atoms with van der Waals surface area (Å²) in [5, 5.41) is 8.18. The number of nitrogens with two attached hydrogens (primary N) is 1. The molecule has 2 N–H and O–H groups in total. The number of hydrogen-bond donors (Lipinski definition) is 1. The summed E-state index contributed by atoms with van der Waals surface area (Å²) in [5.74, 6) is 0.897. The van der Waals surface area contributed by atoms with Crippen LogP contribution in [0.1, 0.15) is 17.4 Å². The van der Waals surface area contributed by atoms with Crippen molar-refractivity contribution in [2.45, 2.75) is 5.92 Å². The van der Waals surface area contributed by atoms with Gasteiger partial charge in [0.2, 0.25) is 11.8 Å². The molecule has 0 aliphatic carbocycles. The van der Waals surface area contributed by atoms with Gasteiger partial charge in [-0.05, 0) is 17.7 Å². The maximum Gasteiger partial charge on any atom is 0.249 e. The van der Waals surface area contributed by atoms with Crippen LogP contribution in [0, 0.1) is 0 Å². The number of benzene rings is 1. The minimum Gasteiger partial charge on any atom is -0.420 e. The van der Waals surface area contributed by atoms with Crippen LogP contribution in [0.5, 0.6) is 0 Å². The van der Waals surface area contributed by atoms with Crippen molar-refractivity contribution in [1.82, 2.24) is 15.2 Å². The Balaban J connectivity index is 1.93. The van der Waals surface area contributed by atoms with Gasteiger partial charge in [-0.2, -0.15) is 0 Å². The van der Waals surface area contributed by atoms with Gasteiger partial charge in [0.15, 0.2) is 0 Å². The van der Waals surface area contributed by atoms with Gasteiger partial charge in [-0.3, -0.25) is 4.98 Å². The average molecular weight is 266 g/mol. The first kappa shape index (κ1) is 12.5. The van der Waals surface area contributed by atoms with Gasteiger partial charge in [0, 0.05) is 18.9 Å². The summed E-state index contributed by atoms with van der Waals surface area (Å²) in [6, 6.07) is 13.6. The molecule has 1 aromatic carbocycles. The monoisotopic (exact) mass is 266 g/mol. The molecule has 0 spiro atoms. The topological polar surface area (TPSA) is 77.8 Å². The summed E-state index contributed by atoms with van der Waals surface area (Å²) in [7, 11) is 0. The number of hydrogen-bond acceptors (Lipinski definition) is 5. The second-order valence-electron chi connectivity index (χ2n) is 4.39. The molecular formula is C15H14N4O. The van der Waals surface area contributed by atoms with Crippen LogP contribution in [-0.4, -0.2) is 21.7 Å². The molecule has 2 aromatic heterocycles. The standard InChI is InChI=1S/C15H14N4O/c16-9-13(11-5-2-1-3-6-11)15-19-18-14(20-15)12-7-4-8-17-10-12/h1-8,10,13H,9,16H2. The van der Waals surface area contributed by atoms with Gasteiger partial charge in [-0.25, -0.2) is 0 Å². The van der Waals surface area contributed by atoms with E-state index in [-0.39, 0.29) is 5.92 Å². The van der Waals surface area contributed by atoms with E-state index in [0.717, 1.165) is 11.1 Å². The Hall–Kier alpha value is -2.53. The van der Waals surface area contributed by atoms with Crippen LogP contribution in [-0.2, 0) is 0 Å². The van der Waals surface area contributed by atoms with Crippen LogP contribution in [0.2, 0.25) is 0 Å². The van der Waals surface area contributed by atoms with E-state index in [1.165, 1.54) is 0 Å². The predicted molar refractivity (Wildman–Crippen MR) is 74.9 cm³/mol. The summed E-state index contributed by atoms with van der Waals surface area (Å²) >= 11 is 0. The van der Waals surface area contributed by atoms with Crippen molar-refractivity contribution in [3.05, 3.63) is 66.3 Å². The van der Waals surface area contributed by atoms with E-state index in [1.54, 1.807) is 12.4 Å². The molecule has 1 atom stereocenters. The van der Waals surface area contributed by atoms with Crippen LogP contribution in [0.3, 0.4) is 0 Å². The number of rotatable bonds is 4. The van der Waals surface area contributed by atoms with E-state index in [1.807, 2.05) is 42.5 Å². The van der Waals surface area contributed by atoms with Gasteiger partial charge in [0.25, 0.3) is 0 Å². The van der Waals surface area contributed by atoms with Crippen molar-refractivity contribution < 1.29 is 4.42 Å². The molecule has 0 saturated heterocycles. The van der Waals surface area contributed by atoms with Crippen molar-refractivity contribution in [3.63, 3.8) is 0 Å². The van der Waals surface area contributed by atoms with E-state index in [0.29, 0.717) is 18.3 Å². The molecular weight excluding hydrogens is 252 g/mol. The zero-order valence-electron chi connectivity index (χ0n) is 10.8. The Kier molecular flexibility index (Phi) is 3.52. The fourth-order valence-corrected chi connectivity index (χ4v) is 2.05. The minimum atomic E-state index is -0.0888. The lowest BCUT2D eigenvalue weighted by Crippen LogP contribution is -2.14. The third kappa shape index (κ3) is 2.44. The fraction of sp³-hybridized carbons (Fsp3) is 0.133. The Labute approximate surface area is 116 Å². The summed E-state index contributed by atoms with van der Waals surface area (Å²) in [5.41, 5.74) is 7.71. The lowest BCUT2D eigenvalue weighted by molar-refractivity contribution is 0.482. The molecule has 5 nitrogen and oxygen atoms in total. The number of nitrogens with zero attached hydrogens (tertiary/aromatic N) is 3. The van der Waals surface area contributed by atoms with Crippen molar-refractivity contribution >= 4 is 0 Å². The molecule has 100 valence electrons. The normalized spacial score (nSPS) is 12.2. The van der Waals surface area contributed by atoms with Crippen LogP contribution >= 0.6 is 0 Å². The van der Waals surface area contributed by atoms with Crippen molar-refractivity contribution in [2.24, 2.45) is 5.73 Å². The Bertz CT molecular complexity index is 667. The molecule has 0 aliphatic heterocycles. The molecule has 0 amide bonds. The van der Waals surface area contributed by atoms with Gasteiger partial charge < -0.3 is 10.2 Å². The molecule has 20 heavy (non-hydrogen) atoms. The largest absolute Gasteiger partial charge is 0.420 e. The Morgan fingerprint density at radius 3 is 2.60 bits per heavy atom. The molecule has 0 aliphatic rings.